The van der Waals surface area contributed by atoms with Crippen LogP contribution in [0.1, 0.15) is 51.4 Å². The Balaban J connectivity index is 1.33. The quantitative estimate of drug-likeness (QED) is 0.582. The van der Waals surface area contributed by atoms with E-state index in [0.29, 0.717) is 35.9 Å². The predicted octanol–water partition coefficient (Wildman–Crippen LogP) is 3.57. The number of aliphatic hydroxyl groups excluding tert-OH is 1. The molecule has 0 bridgehead atoms. The van der Waals surface area contributed by atoms with Gasteiger partial charge in [-0.05, 0) is 49.8 Å². The lowest BCUT2D eigenvalue weighted by Gasteiger charge is -2.44. The molecule has 0 spiro atoms. The van der Waals surface area contributed by atoms with E-state index >= 15 is 0 Å². The molecule has 9 heteroatoms. The predicted molar refractivity (Wildman–Crippen MR) is 130 cm³/mol. The average Bonchev–Trinajstić information content (AvgIpc) is 2.81. The maximum Gasteiger partial charge on any atom is 0.322 e. The number of urea groups is 1. The van der Waals surface area contributed by atoms with Crippen LogP contribution in [0.25, 0.3) is 0 Å². The molecule has 3 amide bonds. The lowest BCUT2D eigenvalue weighted by atomic mass is 9.89. The molecule has 2 heterocycles. The molecule has 2 aliphatic heterocycles. The van der Waals surface area contributed by atoms with Gasteiger partial charge in [-0.25, -0.2) is 4.79 Å². The Morgan fingerprint density at radius 3 is 2.74 bits per heavy atom. The van der Waals surface area contributed by atoms with Crippen LogP contribution >= 0.6 is 11.6 Å². The number of ether oxygens (including phenoxy) is 2. The second-order valence-corrected chi connectivity index (χ2v) is 10.2. The van der Waals surface area contributed by atoms with E-state index in [0.717, 1.165) is 6.54 Å². The van der Waals surface area contributed by atoms with Gasteiger partial charge in [-0.2, -0.15) is 0 Å². The highest BCUT2D eigenvalue weighted by Crippen LogP contribution is 2.29. The monoisotopic (exact) mass is 493 g/mol. The normalized spacial score (nSPS) is 28.4. The van der Waals surface area contributed by atoms with Crippen molar-refractivity contribution >= 4 is 29.2 Å². The minimum Gasteiger partial charge on any atom is -0.389 e. The van der Waals surface area contributed by atoms with Crippen molar-refractivity contribution in [2.45, 2.75) is 75.7 Å². The summed E-state index contributed by atoms with van der Waals surface area (Å²) in [5, 5.41) is 16.8. The van der Waals surface area contributed by atoms with Gasteiger partial charge in [0.25, 0.3) is 0 Å². The van der Waals surface area contributed by atoms with Crippen LogP contribution in [0.2, 0.25) is 5.02 Å². The Morgan fingerprint density at radius 1 is 1.12 bits per heavy atom. The zero-order valence-electron chi connectivity index (χ0n) is 19.6. The molecule has 34 heavy (non-hydrogen) atoms. The molecule has 8 nitrogen and oxygen atoms in total. The zero-order valence-corrected chi connectivity index (χ0v) is 20.3. The van der Waals surface area contributed by atoms with Gasteiger partial charge in [0.1, 0.15) is 6.10 Å². The summed E-state index contributed by atoms with van der Waals surface area (Å²) in [7, 11) is 0. The molecule has 3 aliphatic rings. The van der Waals surface area contributed by atoms with E-state index in [9.17, 15) is 14.7 Å². The number of β-amino-alcohol motifs (C(OH)–C–C–N with tert-alkyl or cyclic N) is 1. The SMILES string of the molecule is O=C(C[C@@H]1CC[C@@H]2[C@H](COC[C@H](O)CN2C(=O)Nc2cccc(Cl)c2)O1)NCC1CCCCC1. The summed E-state index contributed by atoms with van der Waals surface area (Å²) in [5.41, 5.74) is 0.589. The van der Waals surface area contributed by atoms with Crippen molar-refractivity contribution in [1.82, 2.24) is 10.2 Å². The molecule has 2 saturated heterocycles. The lowest BCUT2D eigenvalue weighted by Crippen LogP contribution is -2.58. The van der Waals surface area contributed by atoms with E-state index < -0.39 is 6.10 Å². The maximum absolute atomic E-state index is 13.1. The first-order valence-electron chi connectivity index (χ1n) is 12.5. The second kappa shape index (κ2) is 12.2. The lowest BCUT2D eigenvalue weighted by molar-refractivity contribution is -0.149. The van der Waals surface area contributed by atoms with Gasteiger partial charge in [-0.1, -0.05) is 36.9 Å². The van der Waals surface area contributed by atoms with E-state index in [1.807, 2.05) is 0 Å². The van der Waals surface area contributed by atoms with Crippen LogP contribution in [0.4, 0.5) is 10.5 Å². The van der Waals surface area contributed by atoms with Gasteiger partial charge in [0.15, 0.2) is 0 Å². The largest absolute Gasteiger partial charge is 0.389 e. The number of carbonyl (C=O) groups is 2. The number of rotatable bonds is 5. The summed E-state index contributed by atoms with van der Waals surface area (Å²) < 4.78 is 11.9. The molecule has 4 rings (SSSR count). The molecule has 1 aromatic carbocycles. The summed E-state index contributed by atoms with van der Waals surface area (Å²) in [5.74, 6) is 0.609. The van der Waals surface area contributed by atoms with Crippen molar-refractivity contribution in [2.24, 2.45) is 5.92 Å². The van der Waals surface area contributed by atoms with Crippen LogP contribution in [0, 0.1) is 5.92 Å². The molecule has 0 radical (unpaired) electrons. The number of amides is 3. The molecule has 1 saturated carbocycles. The van der Waals surface area contributed by atoms with Gasteiger partial charge in [-0.3, -0.25) is 4.79 Å². The van der Waals surface area contributed by atoms with Gasteiger partial charge >= 0.3 is 6.03 Å². The smallest absolute Gasteiger partial charge is 0.322 e. The van der Waals surface area contributed by atoms with Crippen molar-refractivity contribution in [1.29, 1.82) is 0 Å². The molecule has 0 unspecified atom stereocenters. The minimum atomic E-state index is -0.783. The van der Waals surface area contributed by atoms with Crippen molar-refractivity contribution in [3.8, 4) is 0 Å². The molecule has 1 aliphatic carbocycles. The Labute approximate surface area is 206 Å². The van der Waals surface area contributed by atoms with E-state index in [2.05, 4.69) is 10.6 Å². The van der Waals surface area contributed by atoms with E-state index in [1.54, 1.807) is 29.2 Å². The van der Waals surface area contributed by atoms with Gasteiger partial charge in [0, 0.05) is 17.3 Å². The highest BCUT2D eigenvalue weighted by Gasteiger charge is 2.40. The third-order valence-corrected chi connectivity index (χ3v) is 7.28. The highest BCUT2D eigenvalue weighted by atomic mass is 35.5. The van der Waals surface area contributed by atoms with Crippen LogP contribution in [0.15, 0.2) is 24.3 Å². The Bertz CT molecular complexity index is 835. The van der Waals surface area contributed by atoms with Gasteiger partial charge in [0.05, 0.1) is 44.4 Å². The summed E-state index contributed by atoms with van der Waals surface area (Å²) in [6.45, 7) is 1.28. The molecule has 188 valence electrons. The van der Waals surface area contributed by atoms with Crippen LogP contribution in [-0.4, -0.2) is 72.6 Å². The molecule has 3 N–H and O–H groups in total. The van der Waals surface area contributed by atoms with Crippen LogP contribution in [0.5, 0.6) is 0 Å². The number of anilines is 1. The summed E-state index contributed by atoms with van der Waals surface area (Å²) in [6.07, 6.45) is 6.50. The molecule has 3 fully saturated rings. The number of hydrogen-bond donors (Lipinski definition) is 3. The summed E-state index contributed by atoms with van der Waals surface area (Å²) in [6, 6.07) is 6.39. The standard InChI is InChI=1S/C25H36ClN3O5/c26-18-7-4-8-19(11-18)28-25(32)29-14-20(30)15-33-16-23-22(29)10-9-21(34-23)12-24(31)27-13-17-5-2-1-3-6-17/h4,7-8,11,17,20-23,30H,1-3,5-6,9-10,12-16H2,(H,27,31)(H,28,32)/t20-,21+,22-,23+/m1/s1. The fourth-order valence-electron chi connectivity index (χ4n) is 5.26. The Hall–Kier alpha value is -1.87. The number of carbonyl (C=O) groups excluding carboxylic acids is 2. The fraction of sp³-hybridized carbons (Fsp3) is 0.680. The van der Waals surface area contributed by atoms with Crippen LogP contribution < -0.4 is 10.6 Å². The van der Waals surface area contributed by atoms with Crippen molar-refractivity contribution in [3.05, 3.63) is 29.3 Å². The van der Waals surface area contributed by atoms with Crippen LogP contribution in [-0.2, 0) is 14.3 Å². The fourth-order valence-corrected chi connectivity index (χ4v) is 5.45. The Kier molecular flexibility index (Phi) is 9.05. The van der Waals surface area contributed by atoms with E-state index in [1.165, 1.54) is 32.1 Å². The first-order chi connectivity index (χ1) is 16.5. The van der Waals surface area contributed by atoms with Gasteiger partial charge in [0.2, 0.25) is 5.91 Å². The Morgan fingerprint density at radius 2 is 1.94 bits per heavy atom. The minimum absolute atomic E-state index is 0.0202. The number of aliphatic hydroxyl groups is 1. The van der Waals surface area contributed by atoms with Crippen molar-refractivity contribution in [3.63, 3.8) is 0 Å². The average molecular weight is 494 g/mol. The third-order valence-electron chi connectivity index (χ3n) is 7.04. The topological polar surface area (TPSA) is 100 Å². The highest BCUT2D eigenvalue weighted by molar-refractivity contribution is 6.30. The number of benzene rings is 1. The maximum atomic E-state index is 13.1. The van der Waals surface area contributed by atoms with E-state index in [-0.39, 0.29) is 49.9 Å². The van der Waals surface area contributed by atoms with E-state index in [4.69, 9.17) is 21.1 Å². The number of hydrogen-bond acceptors (Lipinski definition) is 5. The second-order valence-electron chi connectivity index (χ2n) is 9.74. The third kappa shape index (κ3) is 7.07. The number of nitrogens with one attached hydrogen (secondary N) is 2. The van der Waals surface area contributed by atoms with Crippen molar-refractivity contribution in [2.75, 3.05) is 31.6 Å². The molecular formula is C25H36ClN3O5. The molecule has 4 atom stereocenters. The first-order valence-corrected chi connectivity index (χ1v) is 12.9. The van der Waals surface area contributed by atoms with Crippen molar-refractivity contribution < 1.29 is 24.2 Å². The molecule has 0 aromatic heterocycles. The summed E-state index contributed by atoms with van der Waals surface area (Å²) in [4.78, 5) is 27.3. The first kappa shape index (κ1) is 25.2. The van der Waals surface area contributed by atoms with Crippen LogP contribution in [0.3, 0.4) is 0 Å². The summed E-state index contributed by atoms with van der Waals surface area (Å²) >= 11 is 6.05. The number of nitrogens with zero attached hydrogens (tertiary/aromatic N) is 1. The number of fused-ring (bicyclic) bond motifs is 1. The molecule has 1 aromatic rings. The molecular weight excluding hydrogens is 458 g/mol. The number of halogens is 1. The zero-order chi connectivity index (χ0) is 23.9. The van der Waals surface area contributed by atoms with Gasteiger partial charge in [-0.15, -0.1) is 0 Å². The van der Waals surface area contributed by atoms with Gasteiger partial charge < -0.3 is 30.1 Å².